The largest absolute Gasteiger partial charge is 0.371 e. The third-order valence-corrected chi connectivity index (χ3v) is 5.56. The zero-order chi connectivity index (χ0) is 18.1. The molecule has 0 bridgehead atoms. The highest BCUT2D eigenvalue weighted by Crippen LogP contribution is 2.35. The molecule has 2 aliphatic rings. The normalized spacial score (nSPS) is 23.7. The average Bonchev–Trinajstić information content (AvgIpc) is 2.67. The Labute approximate surface area is 153 Å². The topological polar surface area (TPSA) is 15.7 Å². The van der Waals surface area contributed by atoms with Crippen LogP contribution >= 0.6 is 0 Å². The highest BCUT2D eigenvalue weighted by molar-refractivity contribution is 5.47. The van der Waals surface area contributed by atoms with E-state index in [1.54, 1.807) is 6.07 Å². The summed E-state index contributed by atoms with van der Waals surface area (Å²) >= 11 is 0. The van der Waals surface area contributed by atoms with Crippen molar-refractivity contribution >= 4 is 5.69 Å². The Kier molecular flexibility index (Phi) is 4.92. The number of ether oxygens (including phenoxy) is 1. The smallest absolute Gasteiger partial charge is 0.123 e. The first kappa shape index (κ1) is 17.4. The van der Waals surface area contributed by atoms with Gasteiger partial charge in [-0.1, -0.05) is 13.0 Å². The van der Waals surface area contributed by atoms with Crippen molar-refractivity contribution in [3.63, 3.8) is 0 Å². The molecule has 4 rings (SSSR count). The molecule has 2 aromatic rings. The summed E-state index contributed by atoms with van der Waals surface area (Å²) in [6.07, 6.45) is 0.687. The van der Waals surface area contributed by atoms with E-state index in [0.717, 1.165) is 49.4 Å². The third-order valence-electron chi connectivity index (χ3n) is 5.56. The van der Waals surface area contributed by atoms with Crippen LogP contribution in [0.2, 0.25) is 0 Å². The number of hydrogen-bond acceptors (Lipinski definition) is 3. The van der Waals surface area contributed by atoms with Gasteiger partial charge in [-0.2, -0.15) is 0 Å². The van der Waals surface area contributed by atoms with Crippen molar-refractivity contribution in [2.24, 2.45) is 0 Å². The molecule has 2 aromatic carbocycles. The van der Waals surface area contributed by atoms with Crippen molar-refractivity contribution < 1.29 is 13.5 Å². The third kappa shape index (κ3) is 3.33. The van der Waals surface area contributed by atoms with E-state index in [4.69, 9.17) is 4.74 Å². The van der Waals surface area contributed by atoms with Gasteiger partial charge in [0.15, 0.2) is 0 Å². The van der Waals surface area contributed by atoms with Gasteiger partial charge < -0.3 is 9.64 Å². The molecule has 2 aliphatic heterocycles. The molecule has 5 heteroatoms. The molecule has 0 spiro atoms. The fraction of sp³-hybridized carbons (Fsp3) is 0.429. The highest BCUT2D eigenvalue weighted by Gasteiger charge is 2.36. The van der Waals surface area contributed by atoms with Crippen LogP contribution in [0.3, 0.4) is 0 Å². The SMILES string of the molecule is CCN1CCN(c2ccc(F)cc2)CC1C1OCCc2cc(F)ccc21. The average molecular weight is 358 g/mol. The first-order chi connectivity index (χ1) is 12.7. The van der Waals surface area contributed by atoms with E-state index in [0.29, 0.717) is 6.61 Å². The van der Waals surface area contributed by atoms with Crippen LogP contribution < -0.4 is 4.90 Å². The Morgan fingerprint density at radius 1 is 1.04 bits per heavy atom. The fourth-order valence-corrected chi connectivity index (χ4v) is 4.19. The molecule has 1 fully saturated rings. The maximum Gasteiger partial charge on any atom is 0.123 e. The van der Waals surface area contributed by atoms with Crippen LogP contribution in [0.1, 0.15) is 24.2 Å². The molecule has 2 heterocycles. The van der Waals surface area contributed by atoms with Crippen LogP contribution in [0.4, 0.5) is 14.5 Å². The lowest BCUT2D eigenvalue weighted by molar-refractivity contribution is -0.0266. The van der Waals surface area contributed by atoms with Gasteiger partial charge in [0, 0.05) is 25.3 Å². The van der Waals surface area contributed by atoms with E-state index < -0.39 is 0 Å². The lowest BCUT2D eigenvalue weighted by Gasteiger charge is -2.46. The molecule has 0 amide bonds. The minimum Gasteiger partial charge on any atom is -0.371 e. The Hall–Kier alpha value is -1.98. The Morgan fingerprint density at radius 2 is 1.81 bits per heavy atom. The summed E-state index contributed by atoms with van der Waals surface area (Å²) in [6.45, 7) is 6.36. The van der Waals surface area contributed by atoms with Crippen LogP contribution in [-0.2, 0) is 11.2 Å². The van der Waals surface area contributed by atoms with Crippen molar-refractivity contribution in [3.05, 3.63) is 65.2 Å². The maximum atomic E-state index is 13.6. The predicted molar refractivity (Wildman–Crippen MR) is 98.4 cm³/mol. The van der Waals surface area contributed by atoms with Gasteiger partial charge in [0.1, 0.15) is 11.6 Å². The molecule has 2 atom stereocenters. The van der Waals surface area contributed by atoms with Gasteiger partial charge in [0.05, 0.1) is 18.8 Å². The standard InChI is InChI=1S/C21H24F2N2O/c1-2-24-10-11-25(18-6-3-16(22)4-7-18)14-20(24)21-19-8-5-17(23)13-15(19)9-12-26-21/h3-8,13,20-21H,2,9-12,14H2,1H3. The zero-order valence-corrected chi connectivity index (χ0v) is 15.0. The van der Waals surface area contributed by atoms with Crippen LogP contribution in [0, 0.1) is 11.6 Å². The van der Waals surface area contributed by atoms with Crippen LogP contribution in [0.25, 0.3) is 0 Å². The van der Waals surface area contributed by atoms with Gasteiger partial charge in [0.25, 0.3) is 0 Å². The van der Waals surface area contributed by atoms with Crippen molar-refractivity contribution in [2.45, 2.75) is 25.5 Å². The number of hydrogen-bond donors (Lipinski definition) is 0. The Bertz CT molecular complexity index is 765. The first-order valence-corrected chi connectivity index (χ1v) is 9.30. The maximum absolute atomic E-state index is 13.6. The number of nitrogens with zero attached hydrogens (tertiary/aromatic N) is 2. The lowest BCUT2D eigenvalue weighted by Crippen LogP contribution is -2.56. The summed E-state index contributed by atoms with van der Waals surface area (Å²) in [5.74, 6) is -0.405. The van der Waals surface area contributed by atoms with E-state index in [-0.39, 0.29) is 23.8 Å². The fourth-order valence-electron chi connectivity index (χ4n) is 4.19. The predicted octanol–water partition coefficient (Wildman–Crippen LogP) is 3.79. The number of halogens is 2. The Morgan fingerprint density at radius 3 is 2.58 bits per heavy atom. The summed E-state index contributed by atoms with van der Waals surface area (Å²) in [5.41, 5.74) is 3.18. The van der Waals surface area contributed by atoms with E-state index >= 15 is 0 Å². The number of rotatable bonds is 3. The number of likely N-dealkylation sites (N-methyl/N-ethyl adjacent to an activating group) is 1. The molecular weight excluding hydrogens is 334 g/mol. The molecule has 26 heavy (non-hydrogen) atoms. The zero-order valence-electron chi connectivity index (χ0n) is 15.0. The molecule has 0 aromatic heterocycles. The molecule has 3 nitrogen and oxygen atoms in total. The molecule has 0 N–H and O–H groups in total. The van der Waals surface area contributed by atoms with Crippen molar-refractivity contribution in [2.75, 3.05) is 37.7 Å². The summed E-state index contributed by atoms with van der Waals surface area (Å²) < 4.78 is 33.1. The second-order valence-electron chi connectivity index (χ2n) is 7.00. The van der Waals surface area contributed by atoms with Gasteiger partial charge in [-0.05, 0) is 60.5 Å². The van der Waals surface area contributed by atoms with Gasteiger partial charge in [-0.15, -0.1) is 0 Å². The summed E-state index contributed by atoms with van der Waals surface area (Å²) in [6, 6.07) is 11.9. The lowest BCUT2D eigenvalue weighted by atomic mass is 9.91. The van der Waals surface area contributed by atoms with Crippen molar-refractivity contribution in [1.82, 2.24) is 4.90 Å². The van der Waals surface area contributed by atoms with Gasteiger partial charge in [0.2, 0.25) is 0 Å². The highest BCUT2D eigenvalue weighted by atomic mass is 19.1. The molecule has 0 radical (unpaired) electrons. The molecular formula is C21H24F2N2O. The summed E-state index contributed by atoms with van der Waals surface area (Å²) in [7, 11) is 0. The second kappa shape index (κ2) is 7.33. The van der Waals surface area contributed by atoms with Gasteiger partial charge >= 0.3 is 0 Å². The molecule has 0 aliphatic carbocycles. The van der Waals surface area contributed by atoms with Crippen molar-refractivity contribution in [1.29, 1.82) is 0 Å². The quantitative estimate of drug-likeness (QED) is 0.830. The molecule has 2 unspecified atom stereocenters. The second-order valence-corrected chi connectivity index (χ2v) is 7.00. The van der Waals surface area contributed by atoms with E-state index in [9.17, 15) is 8.78 Å². The van der Waals surface area contributed by atoms with E-state index in [2.05, 4.69) is 16.7 Å². The first-order valence-electron chi connectivity index (χ1n) is 9.30. The minimum absolute atomic E-state index is 0.0671. The number of piperazine rings is 1. The van der Waals surface area contributed by atoms with E-state index in [1.165, 1.54) is 18.2 Å². The number of benzene rings is 2. The summed E-state index contributed by atoms with van der Waals surface area (Å²) in [5, 5.41) is 0. The van der Waals surface area contributed by atoms with Gasteiger partial charge in [-0.25, -0.2) is 8.78 Å². The van der Waals surface area contributed by atoms with Crippen LogP contribution in [-0.4, -0.2) is 43.7 Å². The van der Waals surface area contributed by atoms with Crippen molar-refractivity contribution in [3.8, 4) is 0 Å². The number of anilines is 1. The van der Waals surface area contributed by atoms with E-state index in [1.807, 2.05) is 18.2 Å². The monoisotopic (exact) mass is 358 g/mol. The minimum atomic E-state index is -0.218. The summed E-state index contributed by atoms with van der Waals surface area (Å²) in [4.78, 5) is 4.72. The molecule has 0 saturated carbocycles. The Balaban J connectivity index is 1.62. The van der Waals surface area contributed by atoms with Crippen LogP contribution in [0.5, 0.6) is 0 Å². The van der Waals surface area contributed by atoms with Crippen LogP contribution in [0.15, 0.2) is 42.5 Å². The molecule has 1 saturated heterocycles. The number of fused-ring (bicyclic) bond motifs is 1. The molecule has 138 valence electrons. The van der Waals surface area contributed by atoms with Gasteiger partial charge in [-0.3, -0.25) is 4.90 Å².